The van der Waals surface area contributed by atoms with Crippen molar-refractivity contribution in [1.82, 2.24) is 0 Å². The zero-order valence-corrected chi connectivity index (χ0v) is 16.0. The van der Waals surface area contributed by atoms with Crippen LogP contribution in [0, 0.1) is 20.2 Å². The van der Waals surface area contributed by atoms with E-state index in [0.29, 0.717) is 0 Å². The summed E-state index contributed by atoms with van der Waals surface area (Å²) in [5.74, 6) is -1.91. The fraction of sp³-hybridized carbons (Fsp3) is 0.158. The van der Waals surface area contributed by atoms with E-state index in [1.807, 2.05) is 0 Å². The molecule has 0 radical (unpaired) electrons. The molecule has 0 saturated heterocycles. The molecule has 0 amide bonds. The summed E-state index contributed by atoms with van der Waals surface area (Å²) in [4.78, 5) is 41.7. The Kier molecular flexibility index (Phi) is 9.43. The standard InChI is InChI=1S/C11H11NO5.C8H7NO5/c1-2-5-17-11(14)8-3-4-9(7-13)10(6-8)12(15)16;10-4-6-2-1-5(8(11)12)3-7(6)9(13)14/h2-4,6,13H,1,5,7H2;1-3,10H,4H2,(H,11,12). The summed E-state index contributed by atoms with van der Waals surface area (Å²) in [6.07, 6.45) is 1.40. The highest BCUT2D eigenvalue weighted by Gasteiger charge is 2.18. The molecule has 2 aromatic rings. The van der Waals surface area contributed by atoms with Crippen molar-refractivity contribution in [3.05, 3.63) is 91.5 Å². The van der Waals surface area contributed by atoms with Crippen molar-refractivity contribution in [1.29, 1.82) is 0 Å². The highest BCUT2D eigenvalue weighted by molar-refractivity contribution is 5.90. The minimum absolute atomic E-state index is 0.0361. The summed E-state index contributed by atoms with van der Waals surface area (Å²) in [6, 6.07) is 7.12. The van der Waals surface area contributed by atoms with E-state index in [9.17, 15) is 29.8 Å². The largest absolute Gasteiger partial charge is 0.478 e. The number of aliphatic hydroxyl groups is 2. The van der Waals surface area contributed by atoms with E-state index in [1.165, 1.54) is 30.3 Å². The molecule has 0 aliphatic heterocycles. The smallest absolute Gasteiger partial charge is 0.338 e. The highest BCUT2D eigenvalue weighted by atomic mass is 16.6. The molecule has 3 N–H and O–H groups in total. The SMILES string of the molecule is C=CCOC(=O)c1ccc(CO)c([N+](=O)[O-])c1.O=C(O)c1ccc(CO)c([N+](=O)[O-])c1. The second-order valence-electron chi connectivity index (χ2n) is 5.71. The van der Waals surface area contributed by atoms with Gasteiger partial charge >= 0.3 is 11.9 Å². The fourth-order valence-corrected chi connectivity index (χ4v) is 2.21. The van der Waals surface area contributed by atoms with Crippen molar-refractivity contribution in [3.63, 3.8) is 0 Å². The van der Waals surface area contributed by atoms with Gasteiger partial charge in [-0.05, 0) is 24.3 Å². The number of carbonyl (C=O) groups is 2. The lowest BCUT2D eigenvalue weighted by Crippen LogP contribution is -2.06. The van der Waals surface area contributed by atoms with Crippen molar-refractivity contribution in [2.24, 2.45) is 0 Å². The van der Waals surface area contributed by atoms with Crippen LogP contribution in [0.4, 0.5) is 11.4 Å². The van der Waals surface area contributed by atoms with E-state index < -0.39 is 35.0 Å². The van der Waals surface area contributed by atoms with Crippen LogP contribution in [0.2, 0.25) is 0 Å². The normalized spacial score (nSPS) is 9.74. The van der Waals surface area contributed by atoms with Crippen molar-refractivity contribution >= 4 is 23.3 Å². The van der Waals surface area contributed by atoms with Gasteiger partial charge < -0.3 is 20.1 Å². The number of benzene rings is 2. The Bertz CT molecular complexity index is 1000. The molecule has 31 heavy (non-hydrogen) atoms. The van der Waals surface area contributed by atoms with Crippen LogP contribution < -0.4 is 0 Å². The van der Waals surface area contributed by atoms with Crippen LogP contribution in [0.25, 0.3) is 0 Å². The number of carboxylic acid groups (broad SMARTS) is 1. The van der Waals surface area contributed by atoms with Gasteiger partial charge in [-0.25, -0.2) is 9.59 Å². The molecule has 0 bridgehead atoms. The maximum atomic E-state index is 11.4. The van der Waals surface area contributed by atoms with E-state index >= 15 is 0 Å². The monoisotopic (exact) mass is 434 g/mol. The van der Waals surface area contributed by atoms with E-state index in [2.05, 4.69) is 6.58 Å². The zero-order valence-electron chi connectivity index (χ0n) is 16.0. The molecular formula is C19H18N2O10. The molecule has 0 fully saturated rings. The quantitative estimate of drug-likeness (QED) is 0.240. The Morgan fingerprint density at radius 1 is 0.935 bits per heavy atom. The van der Waals surface area contributed by atoms with Crippen molar-refractivity contribution in [3.8, 4) is 0 Å². The number of ether oxygens (including phenoxy) is 1. The summed E-state index contributed by atoms with van der Waals surface area (Å²) in [7, 11) is 0. The summed E-state index contributed by atoms with van der Waals surface area (Å²) in [5.41, 5.74) is -0.548. The van der Waals surface area contributed by atoms with Crippen LogP contribution in [0.3, 0.4) is 0 Å². The van der Waals surface area contributed by atoms with E-state index in [0.717, 1.165) is 12.1 Å². The molecule has 12 nitrogen and oxygen atoms in total. The molecule has 0 atom stereocenters. The lowest BCUT2D eigenvalue weighted by atomic mass is 10.1. The Morgan fingerprint density at radius 3 is 1.77 bits per heavy atom. The molecule has 0 saturated carbocycles. The van der Waals surface area contributed by atoms with Crippen LogP contribution in [0.5, 0.6) is 0 Å². The van der Waals surface area contributed by atoms with Gasteiger partial charge in [-0.3, -0.25) is 20.2 Å². The molecule has 2 aromatic carbocycles. The van der Waals surface area contributed by atoms with Gasteiger partial charge in [0.25, 0.3) is 11.4 Å². The second kappa shape index (κ2) is 11.7. The first kappa shape index (κ1) is 24.9. The Morgan fingerprint density at radius 2 is 1.39 bits per heavy atom. The minimum Gasteiger partial charge on any atom is -0.478 e. The van der Waals surface area contributed by atoms with Gasteiger partial charge in [0.15, 0.2) is 0 Å². The predicted molar refractivity (Wildman–Crippen MR) is 105 cm³/mol. The Labute approximate surface area is 174 Å². The van der Waals surface area contributed by atoms with Gasteiger partial charge in [0.05, 0.1) is 45.3 Å². The molecule has 0 aliphatic rings. The first-order chi connectivity index (χ1) is 14.7. The lowest BCUT2D eigenvalue weighted by Gasteiger charge is -2.04. The van der Waals surface area contributed by atoms with Gasteiger partial charge in [0, 0.05) is 12.1 Å². The van der Waals surface area contributed by atoms with Crippen molar-refractivity contribution in [2.45, 2.75) is 13.2 Å². The topological polar surface area (TPSA) is 190 Å². The number of aliphatic hydroxyl groups excluding tert-OH is 2. The maximum absolute atomic E-state index is 11.4. The van der Waals surface area contributed by atoms with E-state index in [-0.39, 0.29) is 40.2 Å². The van der Waals surface area contributed by atoms with Gasteiger partial charge in [0.2, 0.25) is 0 Å². The van der Waals surface area contributed by atoms with Gasteiger partial charge in [-0.15, -0.1) is 0 Å². The summed E-state index contributed by atoms with van der Waals surface area (Å²) in [6.45, 7) is 2.47. The average Bonchev–Trinajstić information content (AvgIpc) is 2.76. The van der Waals surface area contributed by atoms with E-state index in [4.69, 9.17) is 20.1 Å². The Hall–Kier alpha value is -4.16. The minimum atomic E-state index is -1.24. The number of nitro groups is 2. The molecular weight excluding hydrogens is 416 g/mol. The molecule has 12 heteroatoms. The number of carbonyl (C=O) groups excluding carboxylic acids is 1. The summed E-state index contributed by atoms with van der Waals surface area (Å²) < 4.78 is 4.74. The Balaban J connectivity index is 0.000000316. The number of nitro benzene ring substituents is 2. The van der Waals surface area contributed by atoms with Crippen LogP contribution in [0.1, 0.15) is 31.8 Å². The number of hydrogen-bond acceptors (Lipinski definition) is 9. The average molecular weight is 434 g/mol. The van der Waals surface area contributed by atoms with Gasteiger partial charge in [-0.1, -0.05) is 12.7 Å². The van der Waals surface area contributed by atoms with Gasteiger partial charge in [0.1, 0.15) is 6.61 Å². The molecule has 2 rings (SSSR count). The van der Waals surface area contributed by atoms with Crippen LogP contribution in [-0.2, 0) is 18.0 Å². The first-order valence-corrected chi connectivity index (χ1v) is 8.43. The first-order valence-electron chi connectivity index (χ1n) is 8.43. The molecule has 0 unspecified atom stereocenters. The summed E-state index contributed by atoms with van der Waals surface area (Å²) in [5, 5.41) is 47.4. The van der Waals surface area contributed by atoms with E-state index in [1.54, 1.807) is 0 Å². The molecule has 0 heterocycles. The zero-order chi connectivity index (χ0) is 23.6. The van der Waals surface area contributed by atoms with Crippen LogP contribution >= 0.6 is 0 Å². The number of rotatable bonds is 8. The predicted octanol–water partition coefficient (Wildman–Crippen LogP) is 2.22. The molecule has 0 spiro atoms. The molecule has 0 aliphatic carbocycles. The second-order valence-corrected chi connectivity index (χ2v) is 5.71. The number of aromatic carboxylic acids is 1. The van der Waals surface area contributed by atoms with Crippen LogP contribution in [0.15, 0.2) is 49.1 Å². The molecule has 164 valence electrons. The van der Waals surface area contributed by atoms with Crippen molar-refractivity contribution < 1.29 is 39.5 Å². The van der Waals surface area contributed by atoms with Crippen molar-refractivity contribution in [2.75, 3.05) is 6.61 Å². The summed E-state index contributed by atoms with van der Waals surface area (Å²) >= 11 is 0. The number of nitrogens with zero attached hydrogens (tertiary/aromatic N) is 2. The third-order valence-electron chi connectivity index (χ3n) is 3.72. The van der Waals surface area contributed by atoms with Crippen LogP contribution in [-0.4, -0.2) is 43.7 Å². The highest BCUT2D eigenvalue weighted by Crippen LogP contribution is 2.21. The lowest BCUT2D eigenvalue weighted by molar-refractivity contribution is -0.386. The third-order valence-corrected chi connectivity index (χ3v) is 3.72. The number of hydrogen-bond donors (Lipinski definition) is 3. The maximum Gasteiger partial charge on any atom is 0.338 e. The fourth-order valence-electron chi connectivity index (χ4n) is 2.21. The number of carboxylic acids is 1. The van der Waals surface area contributed by atoms with Gasteiger partial charge in [-0.2, -0.15) is 0 Å². The third kappa shape index (κ3) is 6.99. The number of esters is 1. The molecule has 0 aromatic heterocycles.